The van der Waals surface area contributed by atoms with Crippen LogP contribution in [0, 0.1) is 33.5 Å². The third kappa shape index (κ3) is 7.27. The molecule has 13 heteroatoms. The van der Waals surface area contributed by atoms with Gasteiger partial charge in [-0.15, -0.1) is 0 Å². The van der Waals surface area contributed by atoms with Crippen LogP contribution >= 0.6 is 0 Å². The van der Waals surface area contributed by atoms with Gasteiger partial charge in [-0.25, -0.2) is 4.79 Å². The Labute approximate surface area is 321 Å². The number of Topliss-reactive ketones (excluding diaryl/α,β-unsaturated/α-hetero) is 1. The van der Waals surface area contributed by atoms with E-state index in [0.29, 0.717) is 32.5 Å². The lowest BCUT2D eigenvalue weighted by atomic mass is 9.73. The summed E-state index contributed by atoms with van der Waals surface area (Å²) in [5, 5.41) is 12.4. The maximum atomic E-state index is 15.0. The minimum absolute atomic E-state index is 0.000406. The summed E-state index contributed by atoms with van der Waals surface area (Å²) in [5.74, 6) is -2.59. The number of rotatable bonds is 11. The molecule has 4 aliphatic carbocycles. The van der Waals surface area contributed by atoms with E-state index in [1.54, 1.807) is 4.90 Å². The molecular weight excluding hydrogens is 686 g/mol. The van der Waals surface area contributed by atoms with E-state index >= 15 is 0 Å². The van der Waals surface area contributed by atoms with Gasteiger partial charge in [0.25, 0.3) is 5.91 Å². The van der Waals surface area contributed by atoms with E-state index < -0.39 is 53.2 Å². The standard InChI is InChI=1S/C41H67N7O6/c1-24-21-47(22-25(2)43-24)35(52)30(27-15-9-8-10-16-27)45-37(54)46-32(38(3,4)5)36(53)48-23-41(39(6,7)40(41)17-12-18-40)20-29(48)34(51)44-28(31(49)33(42)50)19-26-13-11-14-26/h24-30,32,43H,8-23H2,1-7H3,(H2,42,50)(H,44,51)(H2,45,46,54)/t24-,25-,28?,29-,30-,32+,41+/m0/s1. The molecule has 0 aromatic carbocycles. The number of fused-ring (bicyclic) bond motifs is 1. The Bertz CT molecular complexity index is 1480. The van der Waals surface area contributed by atoms with Crippen LogP contribution < -0.4 is 27.0 Å². The second-order valence-corrected chi connectivity index (χ2v) is 19.7. The predicted octanol–water partition coefficient (Wildman–Crippen LogP) is 3.38. The Morgan fingerprint density at radius 3 is 1.94 bits per heavy atom. The van der Waals surface area contributed by atoms with Crippen LogP contribution in [0.1, 0.15) is 132 Å². The smallest absolute Gasteiger partial charge is 0.316 e. The second-order valence-electron chi connectivity index (χ2n) is 19.7. The first-order valence-corrected chi connectivity index (χ1v) is 20.9. The highest BCUT2D eigenvalue weighted by Crippen LogP contribution is 2.88. The van der Waals surface area contributed by atoms with E-state index in [-0.39, 0.29) is 52.0 Å². The molecule has 0 aromatic rings. The first kappa shape index (κ1) is 40.4. The van der Waals surface area contributed by atoms with Crippen LogP contribution in [-0.4, -0.2) is 101 Å². The van der Waals surface area contributed by atoms with Crippen molar-refractivity contribution in [2.24, 2.45) is 39.2 Å². The van der Waals surface area contributed by atoms with Gasteiger partial charge in [0.05, 0.1) is 6.04 Å². The van der Waals surface area contributed by atoms with Gasteiger partial charge >= 0.3 is 6.03 Å². The van der Waals surface area contributed by atoms with Crippen molar-refractivity contribution in [3.63, 3.8) is 0 Å². The molecule has 0 aromatic heterocycles. The summed E-state index contributed by atoms with van der Waals surface area (Å²) in [4.78, 5) is 86.1. The average molecular weight is 754 g/mol. The Kier molecular flexibility index (Phi) is 11.3. The number of carbonyl (C=O) groups is 6. The number of carbonyl (C=O) groups excluding carboxylic acids is 6. The fraction of sp³-hybridized carbons (Fsp3) is 0.854. The number of nitrogens with zero attached hydrogens (tertiary/aromatic N) is 2. The van der Waals surface area contributed by atoms with E-state index in [4.69, 9.17) is 5.73 Å². The zero-order valence-corrected chi connectivity index (χ0v) is 33.9. The van der Waals surface area contributed by atoms with E-state index in [1.807, 2.05) is 25.7 Å². The minimum Gasteiger partial charge on any atom is -0.363 e. The summed E-state index contributed by atoms with van der Waals surface area (Å²) in [6, 6.07) is -3.97. The van der Waals surface area contributed by atoms with E-state index in [2.05, 4.69) is 49.0 Å². The van der Waals surface area contributed by atoms with Crippen molar-refractivity contribution in [3.05, 3.63) is 0 Å². The van der Waals surface area contributed by atoms with Crippen LogP contribution in [-0.2, 0) is 24.0 Å². The molecule has 0 radical (unpaired) electrons. The number of hydrogen-bond donors (Lipinski definition) is 5. The summed E-state index contributed by atoms with van der Waals surface area (Å²) in [6.07, 6.45) is 11.6. The molecule has 6 rings (SSSR count). The summed E-state index contributed by atoms with van der Waals surface area (Å²) < 4.78 is 0. The number of amides is 6. The van der Waals surface area contributed by atoms with Crippen molar-refractivity contribution in [3.8, 4) is 0 Å². The maximum Gasteiger partial charge on any atom is 0.316 e. The quantitative estimate of drug-likeness (QED) is 0.201. The van der Waals surface area contributed by atoms with Crippen LogP contribution in [0.3, 0.4) is 0 Å². The highest BCUT2D eigenvalue weighted by Gasteiger charge is 2.85. The SMILES string of the molecule is C[C@H]1CN(C(=O)[C@@H](NC(=O)N[C@H](C(=O)N2C[C@]3(C[C@H]2C(=O)NC(CC2CCC2)C(=O)C(N)=O)C(C)(C)C32CCC2)C(C)(C)C)C2CCCCC2)C[C@H](C)N1. The molecule has 6 aliphatic rings. The number of hydrogen-bond acceptors (Lipinski definition) is 7. The van der Waals surface area contributed by atoms with Crippen LogP contribution in [0.2, 0.25) is 0 Å². The molecule has 2 spiro atoms. The predicted molar refractivity (Wildman–Crippen MR) is 205 cm³/mol. The van der Waals surface area contributed by atoms with E-state index in [0.717, 1.165) is 70.6 Å². The molecule has 2 heterocycles. The van der Waals surface area contributed by atoms with Crippen LogP contribution in [0.4, 0.5) is 4.79 Å². The minimum atomic E-state index is -1.08. The van der Waals surface area contributed by atoms with Gasteiger partial charge in [-0.05, 0) is 80.5 Å². The number of piperazine rings is 1. The lowest BCUT2D eigenvalue weighted by Crippen LogP contribution is -2.64. The summed E-state index contributed by atoms with van der Waals surface area (Å²) in [7, 11) is 0. The molecular formula is C41H67N7O6. The monoisotopic (exact) mass is 754 g/mol. The molecule has 2 saturated heterocycles. The zero-order valence-electron chi connectivity index (χ0n) is 33.9. The fourth-order valence-electron chi connectivity index (χ4n) is 11.5. The van der Waals surface area contributed by atoms with E-state index in [1.165, 1.54) is 0 Å². The van der Waals surface area contributed by atoms with Gasteiger partial charge < -0.3 is 36.8 Å². The highest BCUT2D eigenvalue weighted by molar-refractivity contribution is 6.37. The lowest BCUT2D eigenvalue weighted by Gasteiger charge is -2.40. The molecule has 7 atom stereocenters. The lowest BCUT2D eigenvalue weighted by molar-refractivity contribution is -0.143. The van der Waals surface area contributed by atoms with Gasteiger partial charge in [0.2, 0.25) is 23.5 Å². The molecule has 6 amide bonds. The number of nitrogens with one attached hydrogen (secondary N) is 4. The number of likely N-dealkylation sites (tertiary alicyclic amines) is 1. The van der Waals surface area contributed by atoms with Gasteiger partial charge in [-0.3, -0.25) is 24.0 Å². The van der Waals surface area contributed by atoms with Gasteiger partial charge in [0.15, 0.2) is 0 Å². The van der Waals surface area contributed by atoms with Crippen molar-refractivity contribution in [1.29, 1.82) is 0 Å². The highest BCUT2D eigenvalue weighted by atomic mass is 16.2. The van der Waals surface area contributed by atoms with Crippen molar-refractivity contribution in [1.82, 2.24) is 31.1 Å². The third-order valence-electron chi connectivity index (χ3n) is 15.0. The summed E-state index contributed by atoms with van der Waals surface area (Å²) >= 11 is 0. The zero-order chi connectivity index (χ0) is 39.4. The van der Waals surface area contributed by atoms with Gasteiger partial charge in [0, 0.05) is 37.1 Å². The van der Waals surface area contributed by atoms with Crippen LogP contribution in [0.15, 0.2) is 0 Å². The average Bonchev–Trinajstić information content (AvgIpc) is 3.27. The Morgan fingerprint density at radius 2 is 1.44 bits per heavy atom. The molecule has 1 unspecified atom stereocenters. The summed E-state index contributed by atoms with van der Waals surface area (Å²) in [6.45, 7) is 15.7. The fourth-order valence-corrected chi connectivity index (χ4v) is 11.5. The first-order valence-electron chi connectivity index (χ1n) is 20.9. The first-order chi connectivity index (χ1) is 25.3. The van der Waals surface area contributed by atoms with Crippen LogP contribution in [0.5, 0.6) is 0 Å². The van der Waals surface area contributed by atoms with Gasteiger partial charge in [0.1, 0.15) is 18.1 Å². The van der Waals surface area contributed by atoms with Gasteiger partial charge in [-0.2, -0.15) is 0 Å². The molecule has 6 fully saturated rings. The van der Waals surface area contributed by atoms with Crippen molar-refractivity contribution in [2.75, 3.05) is 19.6 Å². The molecule has 6 N–H and O–H groups in total. The van der Waals surface area contributed by atoms with Crippen molar-refractivity contribution < 1.29 is 28.8 Å². The number of urea groups is 1. The molecule has 54 heavy (non-hydrogen) atoms. The van der Waals surface area contributed by atoms with E-state index in [9.17, 15) is 28.8 Å². The Balaban J connectivity index is 1.24. The summed E-state index contributed by atoms with van der Waals surface area (Å²) in [5.41, 5.74) is 4.33. The van der Waals surface area contributed by atoms with Crippen molar-refractivity contribution in [2.45, 2.75) is 168 Å². The molecule has 2 aliphatic heterocycles. The molecule has 0 bridgehead atoms. The van der Waals surface area contributed by atoms with Crippen molar-refractivity contribution >= 4 is 35.4 Å². The third-order valence-corrected chi connectivity index (χ3v) is 15.0. The largest absolute Gasteiger partial charge is 0.363 e. The second kappa shape index (κ2) is 15.0. The molecule has 4 saturated carbocycles. The Morgan fingerprint density at radius 1 is 0.815 bits per heavy atom. The number of nitrogens with two attached hydrogens (primary N) is 1. The number of ketones is 1. The maximum absolute atomic E-state index is 15.0. The normalized spacial score (nSPS) is 30.8. The van der Waals surface area contributed by atoms with Gasteiger partial charge in [-0.1, -0.05) is 79.6 Å². The topological polar surface area (TPSA) is 183 Å². The van der Waals surface area contributed by atoms with Crippen LogP contribution in [0.25, 0.3) is 0 Å². The molecule has 302 valence electrons. The Hall–Kier alpha value is -3.22. The molecule has 13 nitrogen and oxygen atoms in total. The number of primary amides is 1.